The molecule has 1 aliphatic rings. The second-order valence-electron chi connectivity index (χ2n) is 7.08. The Labute approximate surface area is 129 Å². The molecular formula is C19H29NO. The molecule has 0 atom stereocenters. The molecular weight excluding hydrogens is 258 g/mol. The van der Waals surface area contributed by atoms with Gasteiger partial charge in [-0.25, -0.2) is 0 Å². The summed E-state index contributed by atoms with van der Waals surface area (Å²) in [4.78, 5) is 14.5. The van der Waals surface area contributed by atoms with E-state index >= 15 is 0 Å². The molecule has 2 heteroatoms. The third-order valence-corrected chi connectivity index (χ3v) is 4.41. The average molecular weight is 287 g/mol. The third kappa shape index (κ3) is 4.33. The summed E-state index contributed by atoms with van der Waals surface area (Å²) < 4.78 is 0. The van der Waals surface area contributed by atoms with Gasteiger partial charge in [-0.3, -0.25) is 4.79 Å². The first-order chi connectivity index (χ1) is 9.97. The number of benzene rings is 1. The summed E-state index contributed by atoms with van der Waals surface area (Å²) in [6.45, 7) is 10.6. The molecule has 0 amide bonds. The molecule has 2 nitrogen and oxygen atoms in total. The van der Waals surface area contributed by atoms with Crippen molar-refractivity contribution < 1.29 is 4.79 Å². The zero-order valence-corrected chi connectivity index (χ0v) is 13.9. The fourth-order valence-electron chi connectivity index (χ4n) is 3.21. The zero-order chi connectivity index (χ0) is 15.4. The SMILES string of the molecule is CC(C)Cc1ccc(N2CCC(C(=O)C(C)C)CC2)cc1. The van der Waals surface area contributed by atoms with E-state index in [0.717, 1.165) is 32.4 Å². The number of nitrogens with zero attached hydrogens (tertiary/aromatic N) is 1. The quantitative estimate of drug-likeness (QED) is 0.803. The molecule has 1 aliphatic heterocycles. The van der Waals surface area contributed by atoms with Crippen molar-refractivity contribution in [1.82, 2.24) is 0 Å². The first-order valence-electron chi connectivity index (χ1n) is 8.35. The Morgan fingerprint density at radius 1 is 1.10 bits per heavy atom. The lowest BCUT2D eigenvalue weighted by molar-refractivity contribution is -0.126. The van der Waals surface area contributed by atoms with Crippen molar-refractivity contribution in [2.24, 2.45) is 17.8 Å². The summed E-state index contributed by atoms with van der Waals surface area (Å²) in [5.74, 6) is 1.61. The Morgan fingerprint density at radius 3 is 2.14 bits per heavy atom. The highest BCUT2D eigenvalue weighted by Gasteiger charge is 2.26. The minimum Gasteiger partial charge on any atom is -0.371 e. The summed E-state index contributed by atoms with van der Waals surface area (Å²) in [6.07, 6.45) is 3.15. The van der Waals surface area contributed by atoms with Crippen LogP contribution in [-0.4, -0.2) is 18.9 Å². The highest BCUT2D eigenvalue weighted by atomic mass is 16.1. The Morgan fingerprint density at radius 2 is 1.67 bits per heavy atom. The Balaban J connectivity index is 1.91. The van der Waals surface area contributed by atoms with E-state index in [1.54, 1.807) is 0 Å². The van der Waals surface area contributed by atoms with Crippen molar-refractivity contribution in [3.8, 4) is 0 Å². The number of piperidine rings is 1. The lowest BCUT2D eigenvalue weighted by atomic mass is 9.87. The number of hydrogen-bond donors (Lipinski definition) is 0. The normalized spacial score (nSPS) is 16.8. The van der Waals surface area contributed by atoms with E-state index in [-0.39, 0.29) is 11.8 Å². The minimum atomic E-state index is 0.178. The van der Waals surface area contributed by atoms with Crippen molar-refractivity contribution in [1.29, 1.82) is 0 Å². The molecule has 0 unspecified atom stereocenters. The summed E-state index contributed by atoms with van der Waals surface area (Å²) >= 11 is 0. The van der Waals surface area contributed by atoms with Crippen molar-refractivity contribution in [3.63, 3.8) is 0 Å². The molecule has 21 heavy (non-hydrogen) atoms. The van der Waals surface area contributed by atoms with Crippen molar-refractivity contribution in [3.05, 3.63) is 29.8 Å². The Bertz CT molecular complexity index is 453. The third-order valence-electron chi connectivity index (χ3n) is 4.41. The summed E-state index contributed by atoms with van der Waals surface area (Å²) in [6, 6.07) is 8.98. The van der Waals surface area contributed by atoms with E-state index < -0.39 is 0 Å². The molecule has 0 bridgehead atoms. The predicted molar refractivity (Wildman–Crippen MR) is 89.8 cm³/mol. The average Bonchev–Trinajstić information content (AvgIpc) is 2.47. The van der Waals surface area contributed by atoms with Crippen LogP contribution in [0.5, 0.6) is 0 Å². The van der Waals surface area contributed by atoms with Crippen molar-refractivity contribution >= 4 is 11.5 Å². The summed E-state index contributed by atoms with van der Waals surface area (Å²) in [5.41, 5.74) is 2.72. The standard InChI is InChI=1S/C19H29NO/c1-14(2)13-16-5-7-18(8-6-16)20-11-9-17(10-12-20)19(21)15(3)4/h5-8,14-15,17H,9-13H2,1-4H3. The van der Waals surface area contributed by atoms with Crippen LogP contribution in [0.2, 0.25) is 0 Å². The van der Waals surface area contributed by atoms with Gasteiger partial charge in [-0.05, 0) is 42.9 Å². The lowest BCUT2D eigenvalue weighted by Crippen LogP contribution is -2.37. The number of carbonyl (C=O) groups is 1. The van der Waals surface area contributed by atoms with E-state index in [1.807, 2.05) is 13.8 Å². The highest BCUT2D eigenvalue weighted by molar-refractivity contribution is 5.83. The molecule has 1 fully saturated rings. The van der Waals surface area contributed by atoms with Gasteiger partial charge in [-0.1, -0.05) is 39.8 Å². The number of hydrogen-bond acceptors (Lipinski definition) is 2. The topological polar surface area (TPSA) is 20.3 Å². The smallest absolute Gasteiger partial charge is 0.138 e. The number of rotatable bonds is 5. The molecule has 1 aromatic carbocycles. The van der Waals surface area contributed by atoms with Crippen LogP contribution in [0.25, 0.3) is 0 Å². The van der Waals surface area contributed by atoms with Gasteiger partial charge in [0.25, 0.3) is 0 Å². The molecule has 1 heterocycles. The van der Waals surface area contributed by atoms with Crippen LogP contribution in [0.4, 0.5) is 5.69 Å². The molecule has 0 spiro atoms. The maximum absolute atomic E-state index is 12.1. The number of Topliss-reactive ketones (excluding diaryl/α,β-unsaturated/α-hetero) is 1. The Kier molecular flexibility index (Phi) is 5.44. The van der Waals surface area contributed by atoms with Gasteiger partial charge in [0.1, 0.15) is 5.78 Å². The van der Waals surface area contributed by atoms with Crippen LogP contribution in [0.1, 0.15) is 46.1 Å². The molecule has 1 saturated heterocycles. The van der Waals surface area contributed by atoms with Gasteiger partial charge in [0.2, 0.25) is 0 Å². The minimum absolute atomic E-state index is 0.178. The van der Waals surface area contributed by atoms with E-state index in [2.05, 4.69) is 43.0 Å². The second-order valence-corrected chi connectivity index (χ2v) is 7.08. The van der Waals surface area contributed by atoms with E-state index in [1.165, 1.54) is 11.3 Å². The molecule has 0 radical (unpaired) electrons. The molecule has 116 valence electrons. The monoisotopic (exact) mass is 287 g/mol. The van der Waals surface area contributed by atoms with Gasteiger partial charge >= 0.3 is 0 Å². The van der Waals surface area contributed by atoms with Gasteiger partial charge < -0.3 is 4.90 Å². The first-order valence-corrected chi connectivity index (χ1v) is 8.35. The van der Waals surface area contributed by atoms with E-state index in [0.29, 0.717) is 11.7 Å². The van der Waals surface area contributed by atoms with E-state index in [9.17, 15) is 4.79 Å². The molecule has 0 aromatic heterocycles. The van der Waals surface area contributed by atoms with Crippen molar-refractivity contribution in [2.45, 2.75) is 47.0 Å². The molecule has 2 rings (SSSR count). The zero-order valence-electron chi connectivity index (χ0n) is 13.9. The molecule has 0 saturated carbocycles. The number of ketones is 1. The molecule has 0 aliphatic carbocycles. The predicted octanol–water partition coefficient (Wildman–Crippen LogP) is 4.33. The largest absolute Gasteiger partial charge is 0.371 e. The maximum Gasteiger partial charge on any atom is 0.138 e. The lowest BCUT2D eigenvalue weighted by Gasteiger charge is -2.33. The fraction of sp³-hybridized carbons (Fsp3) is 0.632. The summed E-state index contributed by atoms with van der Waals surface area (Å²) in [7, 11) is 0. The van der Waals surface area contributed by atoms with Gasteiger partial charge in [0.05, 0.1) is 0 Å². The summed E-state index contributed by atoms with van der Waals surface area (Å²) in [5, 5.41) is 0. The molecule has 1 aromatic rings. The van der Waals surface area contributed by atoms with Crippen LogP contribution in [-0.2, 0) is 11.2 Å². The van der Waals surface area contributed by atoms with Crippen molar-refractivity contribution in [2.75, 3.05) is 18.0 Å². The van der Waals surface area contributed by atoms with Crippen LogP contribution in [0.15, 0.2) is 24.3 Å². The van der Waals surface area contributed by atoms with Crippen LogP contribution in [0.3, 0.4) is 0 Å². The van der Waals surface area contributed by atoms with Gasteiger partial charge in [-0.15, -0.1) is 0 Å². The van der Waals surface area contributed by atoms with Crippen LogP contribution >= 0.6 is 0 Å². The van der Waals surface area contributed by atoms with E-state index in [4.69, 9.17) is 0 Å². The molecule has 0 N–H and O–H groups in total. The second kappa shape index (κ2) is 7.11. The first kappa shape index (κ1) is 16.1. The van der Waals surface area contributed by atoms with Crippen LogP contribution in [0, 0.1) is 17.8 Å². The highest BCUT2D eigenvalue weighted by Crippen LogP contribution is 2.26. The van der Waals surface area contributed by atoms with Gasteiger partial charge in [0, 0.05) is 30.6 Å². The van der Waals surface area contributed by atoms with Gasteiger partial charge in [-0.2, -0.15) is 0 Å². The Hall–Kier alpha value is -1.31. The number of carbonyl (C=O) groups excluding carboxylic acids is 1. The van der Waals surface area contributed by atoms with Gasteiger partial charge in [0.15, 0.2) is 0 Å². The number of anilines is 1. The maximum atomic E-state index is 12.1. The van der Waals surface area contributed by atoms with Crippen LogP contribution < -0.4 is 4.90 Å². The fourth-order valence-corrected chi connectivity index (χ4v) is 3.21.